The molecule has 18 heteroatoms. The number of unbranched alkanes of at least 4 members (excludes halogenated alkanes) is 1. The number of carbonyl (C=O) groups is 1. The standard InChI is InChI=1S/C43H70N8O10/c1-2-3-12-46-40-39-38(48-43(45)49-40)10-16-51(42(39)53)34-36-6-4-35(5-7-36)33-50-14-8-37(9-15-50)41(52)47-13-18-55-20-22-57-24-26-59-28-30-61-32-31-60-29-27-58-25-23-56-21-19-54-17-11-44/h4-7,10,16,37H,2-3,8-9,11-15,17-34,44H2,1H3,(H,47,52)(H3,45,46,48,49). The zero-order valence-corrected chi connectivity index (χ0v) is 36.2. The predicted molar refractivity (Wildman–Crippen MR) is 234 cm³/mol. The van der Waals surface area contributed by atoms with Crippen LogP contribution in [0, 0.1) is 5.92 Å². The van der Waals surface area contributed by atoms with Gasteiger partial charge in [-0.05, 0) is 49.5 Å². The van der Waals surface area contributed by atoms with Crippen LogP contribution in [0.3, 0.4) is 0 Å². The number of benzene rings is 1. The molecule has 0 bridgehead atoms. The molecule has 342 valence electrons. The number of aromatic nitrogens is 3. The first-order valence-corrected chi connectivity index (χ1v) is 21.8. The Balaban J connectivity index is 0.942. The highest BCUT2D eigenvalue weighted by molar-refractivity contribution is 5.89. The number of amides is 1. The van der Waals surface area contributed by atoms with Gasteiger partial charge in [-0.2, -0.15) is 4.98 Å². The summed E-state index contributed by atoms with van der Waals surface area (Å²) in [7, 11) is 0. The number of nitrogens with one attached hydrogen (secondary N) is 2. The molecule has 1 aliphatic heterocycles. The summed E-state index contributed by atoms with van der Waals surface area (Å²) >= 11 is 0. The van der Waals surface area contributed by atoms with Crippen LogP contribution in [0.15, 0.2) is 41.3 Å². The van der Waals surface area contributed by atoms with E-state index >= 15 is 0 Å². The number of nitrogens with two attached hydrogens (primary N) is 2. The Kier molecular flexibility index (Phi) is 25.4. The van der Waals surface area contributed by atoms with E-state index in [4.69, 9.17) is 49.4 Å². The first kappa shape index (κ1) is 49.8. The minimum Gasteiger partial charge on any atom is -0.378 e. The number of anilines is 2. The fraction of sp³-hybridized carbons (Fsp3) is 0.674. The molecule has 1 amide bonds. The van der Waals surface area contributed by atoms with Gasteiger partial charge in [0.25, 0.3) is 5.56 Å². The number of likely N-dealkylation sites (tertiary alicyclic amines) is 1. The summed E-state index contributed by atoms with van der Waals surface area (Å²) in [6, 6.07) is 10.2. The number of hydrogen-bond acceptors (Lipinski definition) is 16. The van der Waals surface area contributed by atoms with E-state index < -0.39 is 0 Å². The third kappa shape index (κ3) is 20.3. The van der Waals surface area contributed by atoms with Crippen molar-refractivity contribution in [3.05, 3.63) is 58.0 Å². The fourth-order valence-corrected chi connectivity index (χ4v) is 6.51. The normalized spacial score (nSPS) is 13.6. The average Bonchev–Trinajstić information content (AvgIpc) is 3.26. The molecule has 1 aliphatic rings. The fourth-order valence-electron chi connectivity index (χ4n) is 6.51. The van der Waals surface area contributed by atoms with Crippen LogP contribution in [0.2, 0.25) is 0 Å². The molecule has 1 aromatic carbocycles. The molecule has 0 spiro atoms. The van der Waals surface area contributed by atoms with Crippen LogP contribution >= 0.6 is 0 Å². The van der Waals surface area contributed by atoms with E-state index in [1.807, 2.05) is 6.07 Å². The van der Waals surface area contributed by atoms with Crippen molar-refractivity contribution >= 4 is 28.6 Å². The molecule has 0 unspecified atom stereocenters. The molecule has 6 N–H and O–H groups in total. The van der Waals surface area contributed by atoms with Gasteiger partial charge in [0.2, 0.25) is 11.9 Å². The average molecular weight is 859 g/mol. The number of rotatable bonds is 35. The lowest BCUT2D eigenvalue weighted by Crippen LogP contribution is -2.41. The van der Waals surface area contributed by atoms with E-state index in [2.05, 4.69) is 56.7 Å². The summed E-state index contributed by atoms with van der Waals surface area (Å²) in [5, 5.41) is 6.73. The third-order valence-electron chi connectivity index (χ3n) is 9.82. The van der Waals surface area contributed by atoms with E-state index in [0.29, 0.717) is 149 Å². The monoisotopic (exact) mass is 859 g/mol. The molecule has 1 fully saturated rings. The van der Waals surface area contributed by atoms with Gasteiger partial charge < -0.3 is 64.6 Å². The van der Waals surface area contributed by atoms with Crippen molar-refractivity contribution in [2.24, 2.45) is 11.7 Å². The lowest BCUT2D eigenvalue weighted by atomic mass is 9.95. The zero-order valence-electron chi connectivity index (χ0n) is 36.2. The molecule has 1 saturated heterocycles. The van der Waals surface area contributed by atoms with Crippen LogP contribution in [0.25, 0.3) is 10.9 Å². The lowest BCUT2D eigenvalue weighted by molar-refractivity contribution is -0.126. The molecule has 3 aromatic rings. The predicted octanol–water partition coefficient (Wildman–Crippen LogP) is 2.05. The second-order valence-corrected chi connectivity index (χ2v) is 14.6. The number of pyridine rings is 1. The number of piperidine rings is 1. The Morgan fingerprint density at radius 3 is 1.69 bits per heavy atom. The van der Waals surface area contributed by atoms with Crippen LogP contribution in [0.4, 0.5) is 11.8 Å². The van der Waals surface area contributed by atoms with Gasteiger partial charge in [0.1, 0.15) is 11.2 Å². The van der Waals surface area contributed by atoms with Gasteiger partial charge in [-0.1, -0.05) is 37.6 Å². The van der Waals surface area contributed by atoms with E-state index in [9.17, 15) is 9.59 Å². The van der Waals surface area contributed by atoms with E-state index in [-0.39, 0.29) is 23.3 Å². The number of fused-ring (bicyclic) bond motifs is 1. The topological polar surface area (TPSA) is 218 Å². The van der Waals surface area contributed by atoms with Crippen molar-refractivity contribution in [1.82, 2.24) is 24.8 Å². The maximum atomic E-state index is 13.5. The molecule has 61 heavy (non-hydrogen) atoms. The second-order valence-electron chi connectivity index (χ2n) is 14.6. The van der Waals surface area contributed by atoms with Crippen molar-refractivity contribution in [1.29, 1.82) is 0 Å². The number of ether oxygens (including phenoxy) is 8. The van der Waals surface area contributed by atoms with Gasteiger partial charge in [-0.3, -0.25) is 14.5 Å². The number of hydrogen-bond donors (Lipinski definition) is 4. The molecule has 0 atom stereocenters. The van der Waals surface area contributed by atoms with Gasteiger partial charge in [0, 0.05) is 38.3 Å². The molecule has 3 heterocycles. The quantitative estimate of drug-likeness (QED) is 0.0623. The molecule has 4 rings (SSSR count). The highest BCUT2D eigenvalue weighted by Gasteiger charge is 2.24. The zero-order chi connectivity index (χ0) is 43.2. The van der Waals surface area contributed by atoms with E-state index in [1.54, 1.807) is 10.8 Å². The van der Waals surface area contributed by atoms with Crippen LogP contribution in [-0.2, 0) is 55.8 Å². The maximum absolute atomic E-state index is 13.5. The smallest absolute Gasteiger partial charge is 0.264 e. The first-order valence-electron chi connectivity index (χ1n) is 21.8. The Morgan fingerprint density at radius 1 is 0.689 bits per heavy atom. The number of nitrogen functional groups attached to an aromatic ring is 1. The minimum atomic E-state index is -0.153. The number of nitrogens with zero attached hydrogens (tertiary/aromatic N) is 4. The summed E-state index contributed by atoms with van der Waals surface area (Å²) in [5.74, 6) is 0.714. The van der Waals surface area contributed by atoms with E-state index in [0.717, 1.165) is 50.9 Å². The molecule has 0 aliphatic carbocycles. The van der Waals surface area contributed by atoms with Crippen molar-refractivity contribution < 1.29 is 42.7 Å². The minimum absolute atomic E-state index is 0.00496. The first-order chi connectivity index (χ1) is 30.0. The number of carbonyl (C=O) groups excluding carboxylic acids is 1. The van der Waals surface area contributed by atoms with Crippen LogP contribution in [0.1, 0.15) is 43.7 Å². The lowest BCUT2D eigenvalue weighted by Gasteiger charge is -2.31. The highest BCUT2D eigenvalue weighted by Crippen LogP contribution is 2.21. The van der Waals surface area contributed by atoms with Crippen LogP contribution in [-0.4, -0.2) is 164 Å². The molecule has 0 radical (unpaired) electrons. The van der Waals surface area contributed by atoms with Gasteiger partial charge in [0.05, 0.1) is 118 Å². The Labute approximate surface area is 360 Å². The summed E-state index contributed by atoms with van der Waals surface area (Å²) in [4.78, 5) is 37.2. The summed E-state index contributed by atoms with van der Waals surface area (Å²) in [5.41, 5.74) is 13.9. The highest BCUT2D eigenvalue weighted by atomic mass is 16.6. The van der Waals surface area contributed by atoms with Gasteiger partial charge in [-0.15, -0.1) is 0 Å². The Hall–Kier alpha value is -3.82. The van der Waals surface area contributed by atoms with Crippen molar-refractivity contribution in [2.45, 2.75) is 45.7 Å². The maximum Gasteiger partial charge on any atom is 0.264 e. The van der Waals surface area contributed by atoms with Crippen LogP contribution < -0.4 is 27.7 Å². The van der Waals surface area contributed by atoms with Gasteiger partial charge in [0.15, 0.2) is 0 Å². The second kappa shape index (κ2) is 31.1. The third-order valence-corrected chi connectivity index (χ3v) is 9.82. The summed E-state index contributed by atoms with van der Waals surface area (Å²) < 4.78 is 45.4. The Bertz CT molecular complexity index is 1680. The summed E-state index contributed by atoms with van der Waals surface area (Å²) in [6.07, 6.45) is 5.38. The van der Waals surface area contributed by atoms with Crippen molar-refractivity contribution in [2.75, 3.05) is 149 Å². The SMILES string of the molecule is CCCCNc1nc(N)nc2ccn(Cc3ccc(CN4CCC(C(=O)NCCOCCOCCOCCOCCOCCOCCOCCOCCN)CC4)cc3)c(=O)c12. The van der Waals surface area contributed by atoms with Crippen molar-refractivity contribution in [3.63, 3.8) is 0 Å². The summed E-state index contributed by atoms with van der Waals surface area (Å²) in [6.45, 7) is 14.7. The van der Waals surface area contributed by atoms with Gasteiger partial charge in [-0.25, -0.2) is 4.98 Å². The molecular weight excluding hydrogens is 789 g/mol. The van der Waals surface area contributed by atoms with Gasteiger partial charge >= 0.3 is 0 Å². The molecule has 0 saturated carbocycles. The van der Waals surface area contributed by atoms with Crippen molar-refractivity contribution in [3.8, 4) is 0 Å². The molecular formula is C43H70N8O10. The Morgan fingerprint density at radius 2 is 1.18 bits per heavy atom. The largest absolute Gasteiger partial charge is 0.378 e. The molecule has 18 nitrogen and oxygen atoms in total. The van der Waals surface area contributed by atoms with E-state index in [1.165, 1.54) is 5.56 Å². The van der Waals surface area contributed by atoms with Crippen LogP contribution in [0.5, 0.6) is 0 Å². The molecule has 2 aromatic heterocycles.